The van der Waals surface area contributed by atoms with Crippen LogP contribution in [0.1, 0.15) is 26.3 Å². The van der Waals surface area contributed by atoms with E-state index in [1.54, 1.807) is 33.3 Å². The Hall–Kier alpha value is -2.17. The average Bonchev–Trinajstić information content (AvgIpc) is 2.61. The molecule has 1 unspecified atom stereocenters. The number of methoxy groups -OCH3 is 1. The summed E-state index contributed by atoms with van der Waals surface area (Å²) in [6.45, 7) is 7.13. The van der Waals surface area contributed by atoms with E-state index < -0.39 is 10.0 Å². The van der Waals surface area contributed by atoms with Crippen molar-refractivity contribution in [2.45, 2.75) is 38.3 Å². The van der Waals surface area contributed by atoms with Gasteiger partial charge in [0.25, 0.3) is 0 Å². The van der Waals surface area contributed by atoms with Crippen LogP contribution in [0.15, 0.2) is 34.2 Å². The van der Waals surface area contributed by atoms with Crippen molar-refractivity contribution in [3.63, 3.8) is 0 Å². The lowest BCUT2D eigenvalue weighted by atomic mass is 9.89. The van der Waals surface area contributed by atoms with Crippen LogP contribution in [0.4, 0.5) is 0 Å². The fraction of sp³-hybridized carbons (Fsp3) is 0.579. The molecule has 10 heteroatoms. The molecular weight excluding hydrogens is 394 g/mol. The van der Waals surface area contributed by atoms with Gasteiger partial charge in [-0.3, -0.25) is 4.79 Å². The lowest BCUT2D eigenvalue weighted by molar-refractivity contribution is -0.127. The predicted molar refractivity (Wildman–Crippen MR) is 114 cm³/mol. The van der Waals surface area contributed by atoms with Crippen molar-refractivity contribution in [3.8, 4) is 0 Å². The number of amides is 1. The van der Waals surface area contributed by atoms with Gasteiger partial charge in [-0.05, 0) is 23.1 Å². The summed E-state index contributed by atoms with van der Waals surface area (Å²) in [6.07, 6.45) is -0.0619. The Morgan fingerprint density at radius 1 is 1.21 bits per heavy atom. The van der Waals surface area contributed by atoms with E-state index in [0.717, 1.165) is 5.56 Å². The number of nitrogens with one attached hydrogen (secondary N) is 2. The molecule has 0 aliphatic heterocycles. The van der Waals surface area contributed by atoms with Gasteiger partial charge >= 0.3 is 0 Å². The zero-order valence-corrected chi connectivity index (χ0v) is 18.8. The Bertz CT molecular complexity index is 799. The smallest absolute Gasteiger partial charge is 0.241 e. The van der Waals surface area contributed by atoms with Crippen LogP contribution in [-0.4, -0.2) is 65.6 Å². The summed E-state index contributed by atoms with van der Waals surface area (Å²) in [5, 5.41) is 11.3. The number of aliphatic imine (C=N–C) groups is 1. The minimum Gasteiger partial charge on any atom is -0.379 e. The van der Waals surface area contributed by atoms with Gasteiger partial charge in [0.05, 0.1) is 24.1 Å². The first-order chi connectivity index (χ1) is 13.3. The van der Waals surface area contributed by atoms with Crippen LogP contribution in [0.2, 0.25) is 0 Å². The average molecular weight is 428 g/mol. The molecule has 1 aromatic carbocycles. The van der Waals surface area contributed by atoms with Gasteiger partial charge in [-0.25, -0.2) is 18.5 Å². The number of primary sulfonamides is 1. The molecule has 0 aromatic heterocycles. The van der Waals surface area contributed by atoms with Gasteiger partial charge in [0, 0.05) is 27.7 Å². The molecule has 1 atom stereocenters. The molecule has 0 fully saturated rings. The molecule has 1 amide bonds. The number of nitrogens with zero attached hydrogens (tertiary/aromatic N) is 2. The van der Waals surface area contributed by atoms with Gasteiger partial charge in [0.15, 0.2) is 5.96 Å². The third-order valence-corrected chi connectivity index (χ3v) is 5.21. The Morgan fingerprint density at radius 2 is 1.79 bits per heavy atom. The molecule has 4 N–H and O–H groups in total. The third kappa shape index (κ3) is 8.80. The van der Waals surface area contributed by atoms with E-state index in [1.807, 2.05) is 0 Å². The Kier molecular flexibility index (Phi) is 9.06. The van der Waals surface area contributed by atoms with Crippen molar-refractivity contribution in [3.05, 3.63) is 29.8 Å². The van der Waals surface area contributed by atoms with E-state index in [0.29, 0.717) is 19.0 Å². The number of hydrogen-bond donors (Lipinski definition) is 3. The van der Waals surface area contributed by atoms with Gasteiger partial charge < -0.3 is 20.3 Å². The fourth-order valence-corrected chi connectivity index (χ4v) is 2.89. The summed E-state index contributed by atoms with van der Waals surface area (Å²) < 4.78 is 28.3. The maximum atomic E-state index is 11.9. The molecule has 0 heterocycles. The highest BCUT2D eigenvalue weighted by molar-refractivity contribution is 7.89. The second kappa shape index (κ2) is 10.6. The van der Waals surface area contributed by atoms with E-state index >= 15 is 0 Å². The van der Waals surface area contributed by atoms with E-state index in [-0.39, 0.29) is 28.9 Å². The molecule has 9 nitrogen and oxygen atoms in total. The number of ether oxygens (including phenoxy) is 1. The topological polar surface area (TPSA) is 126 Å². The summed E-state index contributed by atoms with van der Waals surface area (Å²) in [6, 6.07) is 6.19. The predicted octanol–water partition coefficient (Wildman–Crippen LogP) is 0.519. The lowest BCUT2D eigenvalue weighted by Gasteiger charge is -2.30. The number of benzene rings is 1. The monoisotopic (exact) mass is 427 g/mol. The molecule has 0 bridgehead atoms. The molecule has 1 aromatic rings. The summed E-state index contributed by atoms with van der Waals surface area (Å²) in [7, 11) is 1.29. The number of guanidine groups is 1. The highest BCUT2D eigenvalue weighted by atomic mass is 32.2. The van der Waals surface area contributed by atoms with Crippen molar-refractivity contribution in [1.29, 1.82) is 0 Å². The molecule has 1 rings (SSSR count). The first kappa shape index (κ1) is 24.9. The van der Waals surface area contributed by atoms with E-state index in [2.05, 4.69) is 36.4 Å². The Balaban J connectivity index is 2.89. The van der Waals surface area contributed by atoms with Crippen LogP contribution in [0.3, 0.4) is 0 Å². The molecule has 0 saturated heterocycles. The van der Waals surface area contributed by atoms with Crippen molar-refractivity contribution in [2.75, 3.05) is 34.3 Å². The molecule has 164 valence electrons. The largest absolute Gasteiger partial charge is 0.379 e. The van der Waals surface area contributed by atoms with Crippen molar-refractivity contribution in [1.82, 2.24) is 15.5 Å². The summed E-state index contributed by atoms with van der Waals surface area (Å²) in [5.74, 6) is 0.373. The number of hydrogen-bond acceptors (Lipinski definition) is 5. The molecule has 0 aliphatic carbocycles. The number of rotatable bonds is 8. The Labute approximate surface area is 173 Å². The highest BCUT2D eigenvalue weighted by Gasteiger charge is 2.24. The summed E-state index contributed by atoms with van der Waals surface area (Å²) in [4.78, 5) is 17.9. The van der Waals surface area contributed by atoms with Crippen LogP contribution < -0.4 is 15.8 Å². The SMILES string of the molecule is COC(CNC(=NCc1ccc(S(N)(=O)=O)cc1)NCC(=O)N(C)C)C(C)(C)C. The van der Waals surface area contributed by atoms with Gasteiger partial charge in [-0.15, -0.1) is 0 Å². The molecule has 29 heavy (non-hydrogen) atoms. The number of carbonyl (C=O) groups is 1. The van der Waals surface area contributed by atoms with Crippen LogP contribution >= 0.6 is 0 Å². The maximum Gasteiger partial charge on any atom is 0.241 e. The van der Waals surface area contributed by atoms with E-state index in [4.69, 9.17) is 9.88 Å². The standard InChI is InChI=1S/C19H33N5O4S/c1-19(2,3)16(28-6)12-22-18(23-13-17(25)24(4)5)21-11-14-7-9-15(10-8-14)29(20,26)27/h7-10,16H,11-13H2,1-6H3,(H2,20,26,27)(H2,21,22,23). The van der Waals surface area contributed by atoms with Gasteiger partial charge in [-0.2, -0.15) is 0 Å². The van der Waals surface area contributed by atoms with Crippen LogP contribution in [-0.2, 0) is 26.1 Å². The molecular formula is C19H33N5O4S. The number of carbonyl (C=O) groups excluding carboxylic acids is 1. The van der Waals surface area contributed by atoms with E-state index in [9.17, 15) is 13.2 Å². The van der Waals surface area contributed by atoms with Gasteiger partial charge in [0.2, 0.25) is 15.9 Å². The number of sulfonamides is 1. The normalized spacial score (nSPS) is 13.7. The zero-order valence-electron chi connectivity index (χ0n) is 18.0. The van der Waals surface area contributed by atoms with Crippen molar-refractivity contribution >= 4 is 21.9 Å². The minimum absolute atomic E-state index is 0.0476. The lowest BCUT2D eigenvalue weighted by Crippen LogP contribution is -2.47. The third-order valence-electron chi connectivity index (χ3n) is 4.28. The first-order valence-electron chi connectivity index (χ1n) is 9.21. The van der Waals surface area contributed by atoms with Crippen molar-refractivity contribution < 1.29 is 17.9 Å². The van der Waals surface area contributed by atoms with Crippen LogP contribution in [0.25, 0.3) is 0 Å². The first-order valence-corrected chi connectivity index (χ1v) is 10.8. The van der Waals surface area contributed by atoms with E-state index in [1.165, 1.54) is 17.0 Å². The Morgan fingerprint density at radius 3 is 2.24 bits per heavy atom. The number of likely N-dealkylation sites (N-methyl/N-ethyl adjacent to an activating group) is 1. The fourth-order valence-electron chi connectivity index (χ4n) is 2.38. The molecule has 0 saturated carbocycles. The quantitative estimate of drug-likeness (QED) is 0.410. The highest BCUT2D eigenvalue weighted by Crippen LogP contribution is 2.20. The van der Waals surface area contributed by atoms with Gasteiger partial charge in [0.1, 0.15) is 0 Å². The molecule has 0 aliphatic rings. The van der Waals surface area contributed by atoms with Gasteiger partial charge in [-0.1, -0.05) is 32.9 Å². The molecule has 0 spiro atoms. The summed E-state index contributed by atoms with van der Waals surface area (Å²) >= 11 is 0. The second-order valence-electron chi connectivity index (χ2n) is 7.97. The number of nitrogens with two attached hydrogens (primary N) is 1. The summed E-state index contributed by atoms with van der Waals surface area (Å²) in [5.41, 5.74) is 0.729. The molecule has 0 radical (unpaired) electrons. The van der Waals surface area contributed by atoms with Crippen molar-refractivity contribution in [2.24, 2.45) is 15.5 Å². The maximum absolute atomic E-state index is 11.9. The zero-order chi connectivity index (χ0) is 22.2. The van der Waals surface area contributed by atoms with Crippen LogP contribution in [0, 0.1) is 5.41 Å². The second-order valence-corrected chi connectivity index (χ2v) is 9.53. The minimum atomic E-state index is -3.73. The van der Waals surface area contributed by atoms with Crippen LogP contribution in [0.5, 0.6) is 0 Å².